The minimum atomic E-state index is -2.64. The lowest BCUT2D eigenvalue weighted by Crippen LogP contribution is -2.24. The van der Waals surface area contributed by atoms with Crippen LogP contribution in [-0.4, -0.2) is 61.2 Å². The van der Waals surface area contributed by atoms with Gasteiger partial charge >= 0.3 is 0 Å². The molecular weight excluding hydrogens is 531 g/mol. The van der Waals surface area contributed by atoms with E-state index in [1.54, 1.807) is 29.6 Å². The van der Waals surface area contributed by atoms with Gasteiger partial charge in [0.1, 0.15) is 22.8 Å². The quantitative estimate of drug-likeness (QED) is 0.253. The van der Waals surface area contributed by atoms with Gasteiger partial charge in [-0.3, -0.25) is 20.0 Å². The number of fused-ring (bicyclic) bond motifs is 2. The zero-order valence-corrected chi connectivity index (χ0v) is 22.0. The van der Waals surface area contributed by atoms with E-state index in [4.69, 9.17) is 9.72 Å². The van der Waals surface area contributed by atoms with Gasteiger partial charge in [-0.25, -0.2) is 18.2 Å². The van der Waals surface area contributed by atoms with Crippen molar-refractivity contribution in [2.45, 2.75) is 18.9 Å². The molecule has 6 aromatic rings. The summed E-state index contributed by atoms with van der Waals surface area (Å²) >= 11 is 0. The summed E-state index contributed by atoms with van der Waals surface area (Å²) in [6, 6.07) is 14.0. The molecule has 41 heavy (non-hydrogen) atoms. The predicted molar refractivity (Wildman–Crippen MR) is 149 cm³/mol. The number of pyridine rings is 3. The first-order valence-corrected chi connectivity index (χ1v) is 13.1. The van der Waals surface area contributed by atoms with Crippen molar-refractivity contribution in [3.63, 3.8) is 0 Å². The van der Waals surface area contributed by atoms with E-state index in [0.29, 0.717) is 47.0 Å². The number of ether oxygens (including phenoxy) is 1. The van der Waals surface area contributed by atoms with Crippen molar-refractivity contribution in [2.24, 2.45) is 0 Å². The molecule has 1 fully saturated rings. The molecule has 5 aromatic heterocycles. The Hall–Kier alpha value is -4.77. The molecule has 7 rings (SSSR count). The lowest BCUT2D eigenvalue weighted by Gasteiger charge is -2.15. The topological polar surface area (TPSA) is 95.6 Å². The fraction of sp³-hybridized carbons (Fsp3) is 0.200. The maximum absolute atomic E-state index is 14.3. The molecule has 0 spiro atoms. The van der Waals surface area contributed by atoms with Crippen LogP contribution in [0.2, 0.25) is 0 Å². The van der Waals surface area contributed by atoms with E-state index in [2.05, 4.69) is 25.1 Å². The predicted octanol–water partition coefficient (Wildman–Crippen LogP) is 6.22. The first-order chi connectivity index (χ1) is 19.8. The maximum Gasteiger partial charge on any atom is 0.261 e. The highest BCUT2D eigenvalue weighted by Crippen LogP contribution is 2.35. The number of nitrogens with zero attached hydrogens (tertiary/aromatic N) is 5. The van der Waals surface area contributed by atoms with E-state index in [-0.39, 0.29) is 13.0 Å². The largest absolute Gasteiger partial charge is 0.497 e. The summed E-state index contributed by atoms with van der Waals surface area (Å²) in [6.07, 6.45) is 4.96. The second kappa shape index (κ2) is 9.70. The highest BCUT2D eigenvalue weighted by Gasteiger charge is 2.37. The van der Waals surface area contributed by atoms with E-state index < -0.39 is 11.7 Å². The maximum atomic E-state index is 14.3. The molecule has 0 aliphatic carbocycles. The molecule has 1 saturated heterocycles. The molecule has 1 aliphatic heterocycles. The van der Waals surface area contributed by atoms with Crippen LogP contribution in [0.3, 0.4) is 0 Å². The van der Waals surface area contributed by atoms with Crippen LogP contribution in [0.15, 0.2) is 67.1 Å². The molecule has 6 heterocycles. The van der Waals surface area contributed by atoms with Crippen molar-refractivity contribution < 1.29 is 17.9 Å². The molecule has 0 amide bonds. The summed E-state index contributed by atoms with van der Waals surface area (Å²) < 4.78 is 46.8. The Labute approximate surface area is 232 Å². The summed E-state index contributed by atoms with van der Waals surface area (Å²) in [5, 5.41) is 8.36. The summed E-state index contributed by atoms with van der Waals surface area (Å²) in [6.45, 7) is 0.515. The highest BCUT2D eigenvalue weighted by molar-refractivity contribution is 5.99. The van der Waals surface area contributed by atoms with E-state index in [0.717, 1.165) is 33.2 Å². The van der Waals surface area contributed by atoms with Crippen molar-refractivity contribution in [1.82, 2.24) is 35.0 Å². The van der Waals surface area contributed by atoms with E-state index in [1.165, 1.54) is 19.2 Å². The average Bonchev–Trinajstić information content (AvgIpc) is 3.68. The number of H-pyrrole nitrogens is 2. The molecule has 0 radical (unpaired) electrons. The smallest absolute Gasteiger partial charge is 0.261 e. The number of rotatable bonds is 6. The molecular formula is C30H24F3N7O. The molecule has 8 nitrogen and oxygen atoms in total. The summed E-state index contributed by atoms with van der Waals surface area (Å²) in [7, 11) is 1.49. The van der Waals surface area contributed by atoms with Gasteiger partial charge in [0.15, 0.2) is 0 Å². The molecule has 11 heteroatoms. The van der Waals surface area contributed by atoms with Crippen LogP contribution in [0.5, 0.6) is 5.75 Å². The fourth-order valence-electron chi connectivity index (χ4n) is 5.39. The first-order valence-electron chi connectivity index (χ1n) is 13.1. The third-order valence-electron chi connectivity index (χ3n) is 7.34. The van der Waals surface area contributed by atoms with Crippen LogP contribution in [0.1, 0.15) is 12.0 Å². The van der Waals surface area contributed by atoms with Gasteiger partial charge in [0, 0.05) is 66.2 Å². The number of likely N-dealkylation sites (tertiary alicyclic amines) is 1. The highest BCUT2D eigenvalue weighted by atomic mass is 19.3. The van der Waals surface area contributed by atoms with E-state index >= 15 is 0 Å². The van der Waals surface area contributed by atoms with Gasteiger partial charge < -0.3 is 9.72 Å². The number of aromatic nitrogens is 6. The normalized spacial score (nSPS) is 15.2. The minimum absolute atomic E-state index is 0.122. The zero-order chi connectivity index (χ0) is 28.1. The number of aromatic amines is 2. The zero-order valence-electron chi connectivity index (χ0n) is 22.0. The van der Waals surface area contributed by atoms with Crippen molar-refractivity contribution in [3.8, 4) is 39.7 Å². The Morgan fingerprint density at radius 1 is 1.00 bits per heavy atom. The van der Waals surface area contributed by atoms with Crippen LogP contribution >= 0.6 is 0 Å². The Morgan fingerprint density at radius 3 is 2.73 bits per heavy atom. The Balaban J connectivity index is 1.25. The van der Waals surface area contributed by atoms with Gasteiger partial charge in [0.25, 0.3) is 5.92 Å². The third kappa shape index (κ3) is 4.78. The Kier molecular flexibility index (Phi) is 5.97. The number of nitrogens with one attached hydrogen (secondary N) is 2. The molecule has 0 unspecified atom stereocenters. The number of halogens is 3. The molecule has 1 aromatic carbocycles. The molecule has 2 N–H and O–H groups in total. The number of alkyl halides is 2. The van der Waals surface area contributed by atoms with Gasteiger partial charge in [-0.05, 0) is 48.0 Å². The van der Waals surface area contributed by atoms with E-state index in [9.17, 15) is 13.2 Å². The molecule has 1 aliphatic rings. The van der Waals surface area contributed by atoms with Gasteiger partial charge in [0.05, 0.1) is 36.3 Å². The van der Waals surface area contributed by atoms with Crippen molar-refractivity contribution in [3.05, 3.63) is 78.5 Å². The molecule has 0 bridgehead atoms. The number of hydrogen-bond donors (Lipinski definition) is 2. The lowest BCUT2D eigenvalue weighted by atomic mass is 10.1. The number of methoxy groups -OCH3 is 1. The van der Waals surface area contributed by atoms with Crippen LogP contribution in [0.4, 0.5) is 13.2 Å². The van der Waals surface area contributed by atoms with Gasteiger partial charge in [-0.2, -0.15) is 5.10 Å². The van der Waals surface area contributed by atoms with Gasteiger partial charge in [-0.15, -0.1) is 0 Å². The fourth-order valence-corrected chi connectivity index (χ4v) is 5.39. The monoisotopic (exact) mass is 555 g/mol. The standard InChI is InChI=1S/C30H24F3N7O/c1-41-21-10-18(9-20(31)11-21)27-22-12-26(36-24(22)4-6-35-27)29-28-25(38-39-29)3-2-23(37-28)19-8-17(13-34-14-19)15-40-7-5-30(32,33)16-40/h2-4,6,8-14,36H,5,7,15-16H2,1H3,(H,38,39). The molecule has 206 valence electrons. The van der Waals surface area contributed by atoms with Crippen LogP contribution in [0.25, 0.3) is 55.8 Å². The van der Waals surface area contributed by atoms with Crippen molar-refractivity contribution in [1.29, 1.82) is 0 Å². The Bertz CT molecular complexity index is 1920. The van der Waals surface area contributed by atoms with Crippen LogP contribution in [0, 0.1) is 5.82 Å². The van der Waals surface area contributed by atoms with Gasteiger partial charge in [0.2, 0.25) is 0 Å². The second-order valence-corrected chi connectivity index (χ2v) is 10.2. The van der Waals surface area contributed by atoms with Crippen LogP contribution in [-0.2, 0) is 6.54 Å². The second-order valence-electron chi connectivity index (χ2n) is 10.2. The lowest BCUT2D eigenvalue weighted by molar-refractivity contribution is 0.0115. The summed E-state index contributed by atoms with van der Waals surface area (Å²) in [4.78, 5) is 18.9. The SMILES string of the molecule is COc1cc(F)cc(-c2nccc3[nH]c(-c4n[nH]c5ccc(-c6cncc(CN7CCC(F)(F)C7)c6)nc45)cc23)c1. The number of benzene rings is 1. The van der Waals surface area contributed by atoms with E-state index in [1.807, 2.05) is 30.3 Å². The minimum Gasteiger partial charge on any atom is -0.497 e. The van der Waals surface area contributed by atoms with Crippen molar-refractivity contribution >= 4 is 21.9 Å². The molecule has 0 saturated carbocycles. The Morgan fingerprint density at radius 2 is 1.90 bits per heavy atom. The summed E-state index contributed by atoms with van der Waals surface area (Å²) in [5.41, 5.74) is 7.06. The van der Waals surface area contributed by atoms with Crippen molar-refractivity contribution in [2.75, 3.05) is 20.2 Å². The average molecular weight is 556 g/mol. The third-order valence-corrected chi connectivity index (χ3v) is 7.34. The first kappa shape index (κ1) is 25.2. The molecule has 0 atom stereocenters. The number of hydrogen-bond acceptors (Lipinski definition) is 6. The van der Waals surface area contributed by atoms with Gasteiger partial charge in [-0.1, -0.05) is 0 Å². The van der Waals surface area contributed by atoms with Crippen LogP contribution < -0.4 is 4.74 Å². The summed E-state index contributed by atoms with van der Waals surface area (Å²) in [5.74, 6) is -2.65.